The Morgan fingerprint density at radius 1 is 1.29 bits per heavy atom. The quantitative estimate of drug-likeness (QED) is 0.793. The van der Waals surface area contributed by atoms with Gasteiger partial charge >= 0.3 is 6.18 Å². The van der Waals surface area contributed by atoms with E-state index in [0.29, 0.717) is 5.56 Å². The van der Waals surface area contributed by atoms with Crippen LogP contribution in [0.1, 0.15) is 43.7 Å². The molecule has 0 aliphatic rings. The Morgan fingerprint density at radius 2 is 1.96 bits per heavy atom. The number of rotatable bonds is 5. The summed E-state index contributed by atoms with van der Waals surface area (Å²) in [6, 6.07) is 4.12. The predicted octanol–water partition coefficient (Wildman–Crippen LogP) is 4.66. The highest BCUT2D eigenvalue weighted by Crippen LogP contribution is 2.33. The van der Waals surface area contributed by atoms with E-state index in [0.717, 1.165) is 11.8 Å². The molecular formula is C18H23F3N2O. The van der Waals surface area contributed by atoms with Crippen LogP contribution >= 0.6 is 0 Å². The van der Waals surface area contributed by atoms with Gasteiger partial charge in [-0.1, -0.05) is 33.4 Å². The van der Waals surface area contributed by atoms with Crippen molar-refractivity contribution < 1.29 is 18.0 Å². The molecule has 1 heterocycles. The maximum Gasteiger partial charge on any atom is 0.416 e. The molecular weight excluding hydrogens is 317 g/mol. The summed E-state index contributed by atoms with van der Waals surface area (Å²) in [7, 11) is 0. The average Bonchev–Trinajstić information content (AvgIpc) is 2.84. The van der Waals surface area contributed by atoms with E-state index < -0.39 is 11.7 Å². The molecule has 0 saturated heterocycles. The molecule has 0 N–H and O–H groups in total. The van der Waals surface area contributed by atoms with Gasteiger partial charge in [-0.15, -0.1) is 0 Å². The topological polar surface area (TPSA) is 34.9 Å². The van der Waals surface area contributed by atoms with Crippen LogP contribution in [0.15, 0.2) is 30.7 Å². The fraction of sp³-hybridized carbons (Fsp3) is 0.444. The minimum Gasteiger partial charge on any atom is -0.333 e. The summed E-state index contributed by atoms with van der Waals surface area (Å²) in [5.41, 5.74) is 0.604. The molecule has 2 aromatic rings. The lowest BCUT2D eigenvalue weighted by Crippen LogP contribution is -2.14. The van der Waals surface area contributed by atoms with Crippen LogP contribution in [0, 0.1) is 12.8 Å². The van der Waals surface area contributed by atoms with Gasteiger partial charge in [0.1, 0.15) is 5.78 Å². The monoisotopic (exact) mass is 340 g/mol. The SMILES string of the molecule is C.Cc1cn(Cc2ccc(CC(=O)C(C)C)cc2C(F)(F)F)cn1. The number of nitrogens with zero attached hydrogens (tertiary/aromatic N) is 2. The lowest BCUT2D eigenvalue weighted by Gasteiger charge is -2.15. The summed E-state index contributed by atoms with van der Waals surface area (Å²) in [5.74, 6) is -0.269. The van der Waals surface area contributed by atoms with Crippen LogP contribution in [0.4, 0.5) is 13.2 Å². The normalized spacial score (nSPS) is 11.5. The highest BCUT2D eigenvalue weighted by Gasteiger charge is 2.33. The molecule has 0 spiro atoms. The van der Waals surface area contributed by atoms with Crippen molar-refractivity contribution in [2.24, 2.45) is 5.92 Å². The summed E-state index contributed by atoms with van der Waals surface area (Å²) >= 11 is 0. The van der Waals surface area contributed by atoms with E-state index in [9.17, 15) is 18.0 Å². The summed E-state index contributed by atoms with van der Waals surface area (Å²) in [6.45, 7) is 5.35. The van der Waals surface area contributed by atoms with Crippen LogP contribution in [-0.4, -0.2) is 15.3 Å². The lowest BCUT2D eigenvalue weighted by molar-refractivity contribution is -0.138. The van der Waals surface area contributed by atoms with Gasteiger partial charge < -0.3 is 4.57 Å². The van der Waals surface area contributed by atoms with Crippen LogP contribution in [0.3, 0.4) is 0 Å². The molecule has 1 aromatic heterocycles. The van der Waals surface area contributed by atoms with Gasteiger partial charge in [-0.25, -0.2) is 4.98 Å². The summed E-state index contributed by atoms with van der Waals surface area (Å²) < 4.78 is 41.6. The molecule has 1 aromatic carbocycles. The molecule has 0 atom stereocenters. The van der Waals surface area contributed by atoms with Crippen LogP contribution < -0.4 is 0 Å². The molecule has 0 amide bonds. The Kier molecular flexibility index (Phi) is 6.35. The van der Waals surface area contributed by atoms with E-state index in [2.05, 4.69) is 4.98 Å². The van der Waals surface area contributed by atoms with Crippen LogP contribution in [0.25, 0.3) is 0 Å². The molecule has 0 fully saturated rings. The fourth-order valence-corrected chi connectivity index (χ4v) is 2.30. The molecule has 0 radical (unpaired) electrons. The van der Waals surface area contributed by atoms with Gasteiger partial charge in [-0.3, -0.25) is 4.79 Å². The van der Waals surface area contributed by atoms with E-state index in [1.807, 2.05) is 0 Å². The largest absolute Gasteiger partial charge is 0.416 e. The Morgan fingerprint density at radius 3 is 2.46 bits per heavy atom. The van der Waals surface area contributed by atoms with E-state index in [1.54, 1.807) is 37.6 Å². The number of ketones is 1. The van der Waals surface area contributed by atoms with Gasteiger partial charge in [0, 0.05) is 25.1 Å². The van der Waals surface area contributed by atoms with Crippen molar-refractivity contribution >= 4 is 5.78 Å². The first-order valence-corrected chi connectivity index (χ1v) is 7.37. The van der Waals surface area contributed by atoms with Gasteiger partial charge in [-0.2, -0.15) is 13.2 Å². The predicted molar refractivity (Wildman–Crippen MR) is 87.8 cm³/mol. The highest BCUT2D eigenvalue weighted by molar-refractivity contribution is 5.82. The van der Waals surface area contributed by atoms with Crippen molar-refractivity contribution in [2.45, 2.75) is 47.3 Å². The average molecular weight is 340 g/mol. The van der Waals surface area contributed by atoms with Crippen LogP contribution in [-0.2, 0) is 23.9 Å². The van der Waals surface area contributed by atoms with E-state index in [4.69, 9.17) is 0 Å². The van der Waals surface area contributed by atoms with Gasteiger partial charge in [0.15, 0.2) is 0 Å². The van der Waals surface area contributed by atoms with Gasteiger partial charge in [0.05, 0.1) is 17.6 Å². The standard InChI is InChI=1S/C17H19F3N2O.CH4/c1-11(2)16(23)7-13-4-5-14(15(6-13)17(18,19)20)9-22-8-12(3)21-10-22;/h4-6,8,10-11H,7,9H2,1-3H3;1H4. The molecule has 0 unspecified atom stereocenters. The second kappa shape index (κ2) is 7.64. The van der Waals surface area contributed by atoms with Crippen molar-refractivity contribution in [2.75, 3.05) is 0 Å². The number of hydrogen-bond donors (Lipinski definition) is 0. The van der Waals surface area contributed by atoms with Crippen molar-refractivity contribution in [1.82, 2.24) is 9.55 Å². The second-order valence-corrected chi connectivity index (χ2v) is 5.97. The van der Waals surface area contributed by atoms with Crippen molar-refractivity contribution in [3.05, 3.63) is 53.1 Å². The minimum atomic E-state index is -4.46. The number of halogens is 3. The van der Waals surface area contributed by atoms with Gasteiger partial charge in [0.25, 0.3) is 0 Å². The number of alkyl halides is 3. The van der Waals surface area contributed by atoms with E-state index in [1.165, 1.54) is 12.4 Å². The Hall–Kier alpha value is -2.11. The molecule has 0 bridgehead atoms. The number of carbonyl (C=O) groups is 1. The van der Waals surface area contributed by atoms with Crippen molar-refractivity contribution in [3.8, 4) is 0 Å². The molecule has 3 nitrogen and oxygen atoms in total. The Balaban J connectivity index is 0.00000288. The van der Waals surface area contributed by atoms with Crippen LogP contribution in [0.5, 0.6) is 0 Å². The number of Topliss-reactive ketones (excluding diaryl/α,β-unsaturated/α-hetero) is 1. The molecule has 24 heavy (non-hydrogen) atoms. The number of aromatic nitrogens is 2. The fourth-order valence-electron chi connectivity index (χ4n) is 2.30. The molecule has 0 aliphatic carbocycles. The molecule has 2 rings (SSSR count). The minimum absolute atomic E-state index is 0. The second-order valence-electron chi connectivity index (χ2n) is 5.97. The van der Waals surface area contributed by atoms with E-state index in [-0.39, 0.29) is 37.7 Å². The maximum absolute atomic E-state index is 13.3. The van der Waals surface area contributed by atoms with Crippen LogP contribution in [0.2, 0.25) is 0 Å². The summed E-state index contributed by atoms with van der Waals surface area (Å²) in [4.78, 5) is 15.8. The van der Waals surface area contributed by atoms with Gasteiger partial charge in [0.2, 0.25) is 0 Å². The number of benzene rings is 1. The molecule has 132 valence electrons. The number of hydrogen-bond acceptors (Lipinski definition) is 2. The number of carbonyl (C=O) groups excluding carboxylic acids is 1. The van der Waals surface area contributed by atoms with Gasteiger partial charge in [-0.05, 0) is 24.1 Å². The van der Waals surface area contributed by atoms with Crippen molar-refractivity contribution in [1.29, 1.82) is 0 Å². The summed E-state index contributed by atoms with van der Waals surface area (Å²) in [6.07, 6.45) is -1.24. The molecule has 0 aliphatic heterocycles. The molecule has 6 heteroatoms. The summed E-state index contributed by atoms with van der Waals surface area (Å²) in [5, 5.41) is 0. The highest BCUT2D eigenvalue weighted by atomic mass is 19.4. The first kappa shape index (κ1) is 19.9. The lowest BCUT2D eigenvalue weighted by atomic mass is 9.97. The first-order valence-electron chi connectivity index (χ1n) is 7.37. The third-order valence-electron chi connectivity index (χ3n) is 3.62. The third-order valence-corrected chi connectivity index (χ3v) is 3.62. The smallest absolute Gasteiger partial charge is 0.333 e. The zero-order chi connectivity index (χ0) is 17.2. The zero-order valence-electron chi connectivity index (χ0n) is 13.3. The maximum atomic E-state index is 13.3. The Bertz CT molecular complexity index is 703. The van der Waals surface area contributed by atoms with Crippen molar-refractivity contribution in [3.63, 3.8) is 0 Å². The first-order chi connectivity index (χ1) is 10.7. The Labute approximate surface area is 140 Å². The zero-order valence-corrected chi connectivity index (χ0v) is 13.3. The molecule has 0 saturated carbocycles. The third kappa shape index (κ3) is 4.94. The number of imidazole rings is 1. The van der Waals surface area contributed by atoms with E-state index >= 15 is 0 Å². The number of aryl methyl sites for hydroxylation is 1.